The van der Waals surface area contributed by atoms with Crippen LogP contribution in [-0.2, 0) is 12.1 Å². The molecule has 1 heterocycles. The van der Waals surface area contributed by atoms with Gasteiger partial charge in [0.05, 0.1) is 5.60 Å². The number of aliphatic hydroxyl groups is 1. The van der Waals surface area contributed by atoms with Crippen molar-refractivity contribution in [2.45, 2.75) is 19.1 Å². The molecule has 1 unspecified atom stereocenters. The van der Waals surface area contributed by atoms with E-state index in [1.807, 2.05) is 16.8 Å². The van der Waals surface area contributed by atoms with Crippen LogP contribution in [0.3, 0.4) is 0 Å². The minimum Gasteiger partial charge on any atom is -0.384 e. The molecule has 2 nitrogen and oxygen atoms in total. The molecule has 0 aliphatic rings. The highest BCUT2D eigenvalue weighted by molar-refractivity contribution is 7.08. The normalized spacial score (nSPS) is 14.4. The lowest BCUT2D eigenvalue weighted by atomic mass is 9.99. The molecule has 0 radical (unpaired) electrons. The molecule has 2 aromatic rings. The molecule has 2 N–H and O–H groups in total. The molecule has 18 heavy (non-hydrogen) atoms. The van der Waals surface area contributed by atoms with Gasteiger partial charge in [0.1, 0.15) is 5.82 Å². The molecule has 1 atom stereocenters. The van der Waals surface area contributed by atoms with Gasteiger partial charge in [-0.2, -0.15) is 11.3 Å². The topological polar surface area (TPSA) is 32.3 Å². The SMILES string of the molecule is CC(O)(CNCc1ccc(F)cc1)c1ccsc1. The Morgan fingerprint density at radius 3 is 2.61 bits per heavy atom. The molecule has 1 aromatic heterocycles. The van der Waals surface area contributed by atoms with Crippen LogP contribution in [0, 0.1) is 5.82 Å². The number of nitrogens with one attached hydrogen (secondary N) is 1. The smallest absolute Gasteiger partial charge is 0.123 e. The van der Waals surface area contributed by atoms with Gasteiger partial charge in [0.15, 0.2) is 0 Å². The molecule has 96 valence electrons. The Morgan fingerprint density at radius 1 is 1.28 bits per heavy atom. The summed E-state index contributed by atoms with van der Waals surface area (Å²) in [7, 11) is 0. The van der Waals surface area contributed by atoms with Gasteiger partial charge in [-0.05, 0) is 47.0 Å². The summed E-state index contributed by atoms with van der Waals surface area (Å²) < 4.78 is 12.7. The number of benzene rings is 1. The van der Waals surface area contributed by atoms with Gasteiger partial charge >= 0.3 is 0 Å². The Morgan fingerprint density at radius 2 is 2.00 bits per heavy atom. The summed E-state index contributed by atoms with van der Waals surface area (Å²) >= 11 is 1.57. The monoisotopic (exact) mass is 265 g/mol. The molecule has 1 aromatic carbocycles. The quantitative estimate of drug-likeness (QED) is 0.871. The van der Waals surface area contributed by atoms with Crippen LogP contribution in [0.25, 0.3) is 0 Å². The lowest BCUT2D eigenvalue weighted by Crippen LogP contribution is -2.34. The molecule has 0 amide bonds. The van der Waals surface area contributed by atoms with E-state index in [4.69, 9.17) is 0 Å². The van der Waals surface area contributed by atoms with Crippen molar-refractivity contribution >= 4 is 11.3 Å². The Labute approximate surface area is 110 Å². The van der Waals surface area contributed by atoms with E-state index in [9.17, 15) is 9.50 Å². The second-order valence-electron chi connectivity index (χ2n) is 4.52. The zero-order valence-electron chi connectivity index (χ0n) is 10.2. The van der Waals surface area contributed by atoms with Crippen molar-refractivity contribution in [2.24, 2.45) is 0 Å². The van der Waals surface area contributed by atoms with Crippen molar-refractivity contribution in [3.8, 4) is 0 Å². The van der Waals surface area contributed by atoms with Crippen molar-refractivity contribution in [2.75, 3.05) is 6.54 Å². The minimum atomic E-state index is -0.875. The molecule has 0 saturated carbocycles. The van der Waals surface area contributed by atoms with Gasteiger partial charge in [-0.3, -0.25) is 0 Å². The fraction of sp³-hybridized carbons (Fsp3) is 0.286. The molecule has 0 fully saturated rings. The van der Waals surface area contributed by atoms with Crippen LogP contribution in [0.5, 0.6) is 0 Å². The second-order valence-corrected chi connectivity index (χ2v) is 5.30. The Balaban J connectivity index is 1.87. The van der Waals surface area contributed by atoms with Gasteiger partial charge in [0, 0.05) is 13.1 Å². The van der Waals surface area contributed by atoms with Crippen molar-refractivity contribution in [3.05, 3.63) is 58.0 Å². The minimum absolute atomic E-state index is 0.232. The lowest BCUT2D eigenvalue weighted by Gasteiger charge is -2.23. The van der Waals surface area contributed by atoms with Crippen molar-refractivity contribution in [1.29, 1.82) is 0 Å². The first-order valence-corrected chi connectivity index (χ1v) is 6.72. The van der Waals surface area contributed by atoms with Crippen molar-refractivity contribution < 1.29 is 9.50 Å². The third-order valence-corrected chi connectivity index (χ3v) is 3.54. The van der Waals surface area contributed by atoms with Gasteiger partial charge in [0.2, 0.25) is 0 Å². The van der Waals surface area contributed by atoms with Gasteiger partial charge in [0.25, 0.3) is 0 Å². The summed E-state index contributed by atoms with van der Waals surface area (Å²) in [6.07, 6.45) is 0. The van der Waals surface area contributed by atoms with Crippen LogP contribution < -0.4 is 5.32 Å². The molecule has 0 aliphatic heterocycles. The predicted octanol–water partition coefficient (Wildman–Crippen LogP) is 2.88. The summed E-state index contributed by atoms with van der Waals surface area (Å²) in [5.41, 5.74) is 1.04. The van der Waals surface area contributed by atoms with E-state index in [0.717, 1.165) is 11.1 Å². The highest BCUT2D eigenvalue weighted by atomic mass is 32.1. The van der Waals surface area contributed by atoms with Crippen LogP contribution in [0.15, 0.2) is 41.1 Å². The van der Waals surface area contributed by atoms with Gasteiger partial charge in [-0.25, -0.2) is 4.39 Å². The van der Waals surface area contributed by atoms with Crippen molar-refractivity contribution in [1.82, 2.24) is 5.32 Å². The first kappa shape index (κ1) is 13.2. The van der Waals surface area contributed by atoms with Crippen molar-refractivity contribution in [3.63, 3.8) is 0 Å². The summed E-state index contributed by atoms with van der Waals surface area (Å²) in [6, 6.07) is 8.27. The van der Waals surface area contributed by atoms with Gasteiger partial charge in [-0.15, -0.1) is 0 Å². The van der Waals surface area contributed by atoms with E-state index in [1.165, 1.54) is 12.1 Å². The predicted molar refractivity (Wildman–Crippen MR) is 72.0 cm³/mol. The average Bonchev–Trinajstić information content (AvgIpc) is 2.86. The molecule has 0 spiro atoms. The summed E-state index contributed by atoms with van der Waals surface area (Å²) in [5, 5.41) is 17.4. The Kier molecular flexibility index (Phi) is 4.11. The molecular weight excluding hydrogens is 249 g/mol. The molecule has 2 rings (SSSR count). The highest BCUT2D eigenvalue weighted by Gasteiger charge is 2.22. The average molecular weight is 265 g/mol. The van der Waals surface area contributed by atoms with Crippen LogP contribution in [0.2, 0.25) is 0 Å². The molecule has 0 aliphatic carbocycles. The summed E-state index contributed by atoms with van der Waals surface area (Å²) in [5.74, 6) is -0.232. The molecule has 0 bridgehead atoms. The molecule has 4 heteroatoms. The summed E-state index contributed by atoms with van der Waals surface area (Å²) in [6.45, 7) is 2.86. The van der Waals surface area contributed by atoms with Gasteiger partial charge < -0.3 is 10.4 Å². The van der Waals surface area contributed by atoms with E-state index in [0.29, 0.717) is 13.1 Å². The number of hydrogen-bond donors (Lipinski definition) is 2. The van der Waals surface area contributed by atoms with Crippen LogP contribution >= 0.6 is 11.3 Å². The van der Waals surface area contributed by atoms with Crippen LogP contribution in [0.4, 0.5) is 4.39 Å². The second kappa shape index (κ2) is 5.61. The van der Waals surface area contributed by atoms with E-state index in [1.54, 1.807) is 30.4 Å². The van der Waals surface area contributed by atoms with E-state index >= 15 is 0 Å². The number of thiophene rings is 1. The number of hydrogen-bond acceptors (Lipinski definition) is 3. The number of rotatable bonds is 5. The third-order valence-electron chi connectivity index (χ3n) is 2.85. The van der Waals surface area contributed by atoms with Crippen LogP contribution in [-0.4, -0.2) is 11.7 Å². The fourth-order valence-electron chi connectivity index (χ4n) is 1.73. The highest BCUT2D eigenvalue weighted by Crippen LogP contribution is 2.22. The van der Waals surface area contributed by atoms with Gasteiger partial charge in [-0.1, -0.05) is 12.1 Å². The Hall–Kier alpha value is -1.23. The third kappa shape index (κ3) is 3.38. The van der Waals surface area contributed by atoms with E-state index in [-0.39, 0.29) is 5.82 Å². The Bertz CT molecular complexity index is 479. The first-order valence-electron chi connectivity index (χ1n) is 5.78. The first-order chi connectivity index (χ1) is 8.58. The fourth-order valence-corrected chi connectivity index (χ4v) is 2.51. The van der Waals surface area contributed by atoms with E-state index < -0.39 is 5.60 Å². The maximum atomic E-state index is 12.7. The lowest BCUT2D eigenvalue weighted by molar-refractivity contribution is 0.0571. The maximum Gasteiger partial charge on any atom is 0.123 e. The zero-order valence-corrected chi connectivity index (χ0v) is 11.0. The maximum absolute atomic E-state index is 12.7. The van der Waals surface area contributed by atoms with Crippen LogP contribution in [0.1, 0.15) is 18.1 Å². The summed E-state index contributed by atoms with van der Waals surface area (Å²) in [4.78, 5) is 0. The zero-order chi connectivity index (χ0) is 13.0. The largest absolute Gasteiger partial charge is 0.384 e. The molecule has 0 saturated heterocycles. The number of halogens is 1. The van der Waals surface area contributed by atoms with E-state index in [2.05, 4.69) is 5.32 Å². The standard InChI is InChI=1S/C14H16FNOS/c1-14(17,12-6-7-18-9-12)10-16-8-11-2-4-13(15)5-3-11/h2-7,9,16-17H,8,10H2,1H3. The molecular formula is C14H16FNOS.